The zero-order valence-corrected chi connectivity index (χ0v) is 28.6. The van der Waals surface area contributed by atoms with Crippen molar-refractivity contribution in [1.29, 1.82) is 0 Å². The molecular formula is C31H59NO4Sn. The van der Waals surface area contributed by atoms with Crippen molar-refractivity contribution in [1.82, 2.24) is 5.32 Å². The third-order valence-corrected chi connectivity index (χ3v) is 21.6. The Hall–Kier alpha value is -0.721. The van der Waals surface area contributed by atoms with E-state index in [1.165, 1.54) is 51.8 Å². The van der Waals surface area contributed by atoms with Crippen LogP contribution in [0.3, 0.4) is 0 Å². The van der Waals surface area contributed by atoms with Crippen molar-refractivity contribution >= 4 is 30.4 Å². The summed E-state index contributed by atoms with van der Waals surface area (Å²) in [5.41, 5.74) is -1.07. The van der Waals surface area contributed by atoms with E-state index in [1.807, 2.05) is 41.5 Å². The van der Waals surface area contributed by atoms with E-state index in [0.717, 1.165) is 25.7 Å². The normalized spacial score (nSPS) is 19.1. The minimum absolute atomic E-state index is 0.0276. The molecule has 0 radical (unpaired) electrons. The summed E-state index contributed by atoms with van der Waals surface area (Å²) >= 11 is -2.17. The Labute approximate surface area is 233 Å². The van der Waals surface area contributed by atoms with Crippen LogP contribution < -0.4 is 5.32 Å². The number of unbranched alkanes of at least 4 members (excludes halogenated alkanes) is 4. The number of ether oxygens (including phenoxy) is 2. The van der Waals surface area contributed by atoms with Gasteiger partial charge in [-0.25, -0.2) is 4.79 Å². The molecule has 1 amide bonds. The Bertz CT molecular complexity index is 685. The van der Waals surface area contributed by atoms with E-state index >= 15 is 0 Å². The van der Waals surface area contributed by atoms with Gasteiger partial charge in [-0.15, -0.1) is 0 Å². The Kier molecular flexibility index (Phi) is 15.2. The number of hydrogen-bond donors (Lipinski definition) is 1. The predicted octanol–water partition coefficient (Wildman–Crippen LogP) is 8.97. The first-order valence-electron chi connectivity index (χ1n) is 15.1. The topological polar surface area (TPSA) is 64.6 Å². The molecule has 5 nitrogen and oxygen atoms in total. The fraction of sp³-hybridized carbons (Fsp3) is 0.871. The maximum absolute atomic E-state index is 12.7. The van der Waals surface area contributed by atoms with Crippen LogP contribution in [0.5, 0.6) is 0 Å². The van der Waals surface area contributed by atoms with Gasteiger partial charge in [0.25, 0.3) is 0 Å². The number of rotatable bonds is 17. The van der Waals surface area contributed by atoms with E-state index in [-0.39, 0.29) is 6.10 Å². The Morgan fingerprint density at radius 3 is 1.92 bits per heavy atom. The van der Waals surface area contributed by atoms with E-state index in [9.17, 15) is 9.59 Å². The van der Waals surface area contributed by atoms with Gasteiger partial charge in [-0.1, -0.05) is 20.8 Å². The van der Waals surface area contributed by atoms with Gasteiger partial charge < -0.3 is 4.74 Å². The summed E-state index contributed by atoms with van der Waals surface area (Å²) in [5.74, 6) is 0.0247. The van der Waals surface area contributed by atoms with Crippen LogP contribution in [0.4, 0.5) is 4.79 Å². The number of alkyl carbamates (subject to hydrolysis) is 1. The van der Waals surface area contributed by atoms with Crippen molar-refractivity contribution in [3.8, 4) is 0 Å². The van der Waals surface area contributed by atoms with Crippen LogP contribution in [0.15, 0.2) is 10.2 Å². The SMILES string of the molecule is CCC[CH2][Sn](/[CH]=C/CCC[C@@H]1C[C@H]1OC(=O)NC(C(=O)OC(C)(C)C)C(C)(C)C)([CH2]CCC)[CH2]CCC. The van der Waals surface area contributed by atoms with E-state index < -0.39 is 47.5 Å². The van der Waals surface area contributed by atoms with Gasteiger partial charge in [-0.05, 0) is 20.8 Å². The molecule has 37 heavy (non-hydrogen) atoms. The number of carbonyl (C=O) groups is 2. The quantitative estimate of drug-likeness (QED) is 0.0993. The van der Waals surface area contributed by atoms with Gasteiger partial charge in [0.15, 0.2) is 0 Å². The van der Waals surface area contributed by atoms with E-state index in [0.29, 0.717) is 5.92 Å². The number of allylic oxidation sites excluding steroid dienone is 1. The van der Waals surface area contributed by atoms with Crippen LogP contribution >= 0.6 is 0 Å². The van der Waals surface area contributed by atoms with Gasteiger partial charge in [0.05, 0.1) is 0 Å². The summed E-state index contributed by atoms with van der Waals surface area (Å²) < 4.78 is 18.5. The molecule has 1 saturated carbocycles. The number of nitrogens with one attached hydrogen (secondary N) is 1. The van der Waals surface area contributed by atoms with Crippen LogP contribution in [0, 0.1) is 11.3 Å². The van der Waals surface area contributed by atoms with Gasteiger partial charge in [-0.3, -0.25) is 0 Å². The van der Waals surface area contributed by atoms with Gasteiger partial charge in [0, 0.05) is 0 Å². The molecule has 0 aromatic rings. The van der Waals surface area contributed by atoms with E-state index in [1.54, 1.807) is 0 Å². The molecule has 0 aromatic carbocycles. The molecule has 0 heterocycles. The first-order valence-corrected chi connectivity index (χ1v) is 22.8. The van der Waals surface area contributed by atoms with E-state index in [4.69, 9.17) is 9.47 Å². The fourth-order valence-corrected chi connectivity index (χ4v) is 19.5. The molecule has 0 bridgehead atoms. The van der Waals surface area contributed by atoms with Crippen molar-refractivity contribution in [2.45, 2.75) is 158 Å². The molecule has 1 fully saturated rings. The zero-order chi connectivity index (χ0) is 28.1. The average molecular weight is 629 g/mol. The van der Waals surface area contributed by atoms with Gasteiger partial charge in [0.2, 0.25) is 0 Å². The van der Waals surface area contributed by atoms with Crippen LogP contribution in [-0.2, 0) is 14.3 Å². The molecule has 216 valence electrons. The van der Waals surface area contributed by atoms with Crippen LogP contribution in [0.1, 0.15) is 127 Å². The van der Waals surface area contributed by atoms with Crippen molar-refractivity contribution in [2.75, 3.05) is 0 Å². The second-order valence-electron chi connectivity index (χ2n) is 13.4. The summed E-state index contributed by atoms with van der Waals surface area (Å²) in [5, 5.41) is 2.77. The molecule has 1 N–H and O–H groups in total. The van der Waals surface area contributed by atoms with Gasteiger partial charge >= 0.3 is 177 Å². The standard InChI is InChI=1S/C19H32NO4.3C4H9.Sn/c1-8-9-10-11-13-12-14(13)23-17(22)20-15(18(2,3)4)16(21)24-19(5,6)7;3*1-3-4-2;/h1,8,13-15H,9-12H2,2-7H3,(H,20,22);3*1,3-4H2,2H3;/t13-,14-,15?;;;;/m1..../s1. The molecule has 0 aromatic heterocycles. The van der Waals surface area contributed by atoms with Crippen molar-refractivity contribution in [3.63, 3.8) is 0 Å². The number of amides is 1. The molecule has 3 atom stereocenters. The monoisotopic (exact) mass is 629 g/mol. The Morgan fingerprint density at radius 1 is 0.919 bits per heavy atom. The van der Waals surface area contributed by atoms with Crippen LogP contribution in [0.25, 0.3) is 0 Å². The maximum atomic E-state index is 12.7. The molecule has 0 aliphatic heterocycles. The zero-order valence-electron chi connectivity index (χ0n) is 25.7. The Morgan fingerprint density at radius 2 is 1.46 bits per heavy atom. The summed E-state index contributed by atoms with van der Waals surface area (Å²) in [6, 6.07) is -0.749. The number of carbonyl (C=O) groups excluding carboxylic acids is 2. The molecule has 1 aliphatic rings. The average Bonchev–Trinajstić information content (AvgIpc) is 3.53. The van der Waals surface area contributed by atoms with Crippen molar-refractivity contribution in [2.24, 2.45) is 11.3 Å². The van der Waals surface area contributed by atoms with Gasteiger partial charge in [0.1, 0.15) is 5.60 Å². The molecule has 0 saturated heterocycles. The second-order valence-corrected chi connectivity index (χ2v) is 26.4. The van der Waals surface area contributed by atoms with Gasteiger partial charge in [-0.2, -0.15) is 0 Å². The summed E-state index contributed by atoms with van der Waals surface area (Å²) in [4.78, 5) is 25.2. The number of esters is 1. The molecule has 6 heteroatoms. The molecule has 0 spiro atoms. The van der Waals surface area contributed by atoms with Crippen molar-refractivity contribution in [3.05, 3.63) is 10.2 Å². The third kappa shape index (κ3) is 14.3. The third-order valence-electron chi connectivity index (χ3n) is 7.39. The first kappa shape index (κ1) is 34.3. The summed E-state index contributed by atoms with van der Waals surface area (Å²) in [6.45, 7) is 18.2. The second kappa shape index (κ2) is 16.4. The molecule has 1 unspecified atom stereocenters. The Balaban J connectivity index is 2.52. The molecule has 1 rings (SSSR count). The van der Waals surface area contributed by atoms with E-state index in [2.05, 4.69) is 36.3 Å². The fourth-order valence-electron chi connectivity index (χ4n) is 4.99. The van der Waals surface area contributed by atoms with Crippen LogP contribution in [-0.4, -0.2) is 48.2 Å². The van der Waals surface area contributed by atoms with Crippen molar-refractivity contribution < 1.29 is 19.1 Å². The molecule has 1 aliphatic carbocycles. The number of hydrogen-bond acceptors (Lipinski definition) is 4. The predicted molar refractivity (Wildman–Crippen MR) is 158 cm³/mol. The summed E-state index contributed by atoms with van der Waals surface area (Å²) in [6.07, 6.45) is 14.5. The minimum atomic E-state index is -2.17. The van der Waals surface area contributed by atoms with Crippen LogP contribution in [0.2, 0.25) is 13.3 Å². The molecular weight excluding hydrogens is 569 g/mol. The summed E-state index contributed by atoms with van der Waals surface area (Å²) in [7, 11) is 0. The first-order chi connectivity index (χ1) is 17.3.